The summed E-state index contributed by atoms with van der Waals surface area (Å²) in [5, 5.41) is 4.92. The van der Waals surface area contributed by atoms with Crippen LogP contribution in [0.4, 0.5) is 0 Å². The molecule has 22 heavy (non-hydrogen) atoms. The van der Waals surface area contributed by atoms with Crippen LogP contribution >= 0.6 is 0 Å². The second-order valence-corrected chi connectivity index (χ2v) is 4.95. The average Bonchev–Trinajstić information content (AvgIpc) is 2.54. The maximum atomic E-state index is 3.36. The van der Waals surface area contributed by atoms with Crippen LogP contribution in [0.25, 0.3) is 32.7 Å². The normalized spacial score (nSPS) is 10.0. The average molecular weight is 266 g/mol. The van der Waals surface area contributed by atoms with Gasteiger partial charge in [0.15, 0.2) is 0 Å². The van der Waals surface area contributed by atoms with Gasteiger partial charge in [-0.25, -0.2) is 11.1 Å². The molecule has 4 rings (SSSR count). The van der Waals surface area contributed by atoms with Crippen molar-refractivity contribution in [2.24, 2.45) is 0 Å². The van der Waals surface area contributed by atoms with Gasteiger partial charge in [-0.1, -0.05) is 48.5 Å². The van der Waals surface area contributed by atoms with Gasteiger partial charge in [0.1, 0.15) is 0 Å². The zero-order valence-corrected chi connectivity index (χ0v) is 12.9. The Bertz CT molecular complexity index is 836. The van der Waals surface area contributed by atoms with Crippen molar-refractivity contribution in [3.63, 3.8) is 0 Å². The summed E-state index contributed by atoms with van der Waals surface area (Å²) >= 11 is 0. The fraction of sp³-hybridized carbons (Fsp3) is 0. The van der Waals surface area contributed by atoms with E-state index >= 15 is 0 Å². The first kappa shape index (κ1) is 17.0. The van der Waals surface area contributed by atoms with E-state index in [1.807, 2.05) is 12.1 Å². The molecule has 0 saturated heterocycles. The number of hydrogen-bond acceptors (Lipinski definition) is 0. The van der Waals surface area contributed by atoms with Crippen LogP contribution in [0.2, 0.25) is 0 Å². The van der Waals surface area contributed by atoms with Crippen LogP contribution in [0.3, 0.4) is 0 Å². The monoisotopic (exact) mass is 266 g/mol. The molecule has 0 nitrogen and oxygen atoms in total. The van der Waals surface area contributed by atoms with Crippen LogP contribution in [0.15, 0.2) is 72.8 Å². The van der Waals surface area contributed by atoms with Gasteiger partial charge in [0.05, 0.1) is 0 Å². The van der Waals surface area contributed by atoms with Crippen LogP contribution in [0.5, 0.6) is 0 Å². The van der Waals surface area contributed by atoms with Gasteiger partial charge in [0, 0.05) is 0 Å². The molecule has 94 valence electrons. The third-order valence-electron chi connectivity index (χ3n) is 3.65. The quantitative estimate of drug-likeness (QED) is 0.315. The SMILES string of the molecule is [Li+].[Li+].[c-]1cc2ccccc2cc1-c1[c-]cc2ccccc2c1. The molecule has 0 aromatic heterocycles. The molecule has 0 saturated carbocycles. The first-order valence-corrected chi connectivity index (χ1v) is 6.71. The Balaban J connectivity index is 0.000000882. The molecule has 4 aromatic carbocycles. The molecule has 0 fully saturated rings. The van der Waals surface area contributed by atoms with Crippen molar-refractivity contribution >= 4 is 21.5 Å². The third kappa shape index (κ3) is 3.17. The van der Waals surface area contributed by atoms with E-state index in [-0.39, 0.29) is 37.7 Å². The summed E-state index contributed by atoms with van der Waals surface area (Å²) in [6.45, 7) is 0. The first-order valence-electron chi connectivity index (χ1n) is 6.71. The van der Waals surface area contributed by atoms with Crippen molar-refractivity contribution < 1.29 is 37.7 Å². The molecular weight excluding hydrogens is 254 g/mol. The van der Waals surface area contributed by atoms with Gasteiger partial charge in [-0.15, -0.1) is 33.7 Å². The Morgan fingerprint density at radius 3 is 1.27 bits per heavy atom. The van der Waals surface area contributed by atoms with Gasteiger partial charge < -0.3 is 0 Å². The smallest absolute Gasteiger partial charge is 0.226 e. The number of fused-ring (bicyclic) bond motifs is 2. The van der Waals surface area contributed by atoms with E-state index in [1.165, 1.54) is 21.5 Å². The molecule has 0 radical (unpaired) electrons. The summed E-state index contributed by atoms with van der Waals surface area (Å²) in [5.74, 6) is 0. The molecule has 0 unspecified atom stereocenters. The summed E-state index contributed by atoms with van der Waals surface area (Å²) in [6.07, 6.45) is 0. The molecule has 2 heteroatoms. The van der Waals surface area contributed by atoms with Crippen LogP contribution in [-0.2, 0) is 0 Å². The maximum absolute atomic E-state index is 3.36. The zero-order valence-electron chi connectivity index (χ0n) is 12.9. The fourth-order valence-corrected chi connectivity index (χ4v) is 2.56. The minimum atomic E-state index is 0. The molecule has 0 spiro atoms. The van der Waals surface area contributed by atoms with E-state index in [0.717, 1.165) is 11.1 Å². The molecule has 0 heterocycles. The second-order valence-electron chi connectivity index (χ2n) is 4.95. The van der Waals surface area contributed by atoms with E-state index in [2.05, 4.69) is 72.8 Å². The summed E-state index contributed by atoms with van der Waals surface area (Å²) in [7, 11) is 0. The van der Waals surface area contributed by atoms with Crippen LogP contribution in [0, 0.1) is 12.1 Å². The Morgan fingerprint density at radius 2 is 0.864 bits per heavy atom. The van der Waals surface area contributed by atoms with Crippen LogP contribution in [-0.4, -0.2) is 0 Å². The molecule has 4 aromatic rings. The van der Waals surface area contributed by atoms with Gasteiger partial charge in [-0.2, -0.15) is 24.3 Å². The molecule has 0 amide bonds. The third-order valence-corrected chi connectivity index (χ3v) is 3.65. The van der Waals surface area contributed by atoms with Gasteiger partial charge in [-0.3, -0.25) is 0 Å². The van der Waals surface area contributed by atoms with Gasteiger partial charge in [0.25, 0.3) is 0 Å². The standard InChI is InChI=1S/C20H12.2Li/c1-3-7-17-13-19(11-9-15(17)5-1)20-12-10-16-6-2-4-8-18(16)14-20;;/h1-10,13-14H;;/q-2;2*+1. The summed E-state index contributed by atoms with van der Waals surface area (Å²) < 4.78 is 0. The Morgan fingerprint density at radius 1 is 0.500 bits per heavy atom. The molecule has 0 aliphatic carbocycles. The van der Waals surface area contributed by atoms with Gasteiger partial charge in [-0.05, 0) is 0 Å². The van der Waals surface area contributed by atoms with Gasteiger partial charge >= 0.3 is 37.7 Å². The zero-order chi connectivity index (χ0) is 13.4. The number of benzene rings is 4. The molecule has 0 aliphatic heterocycles. The van der Waals surface area contributed by atoms with Crippen molar-refractivity contribution in [1.82, 2.24) is 0 Å². The van der Waals surface area contributed by atoms with Crippen molar-refractivity contribution in [2.45, 2.75) is 0 Å². The van der Waals surface area contributed by atoms with E-state index < -0.39 is 0 Å². The Kier molecular flexibility index (Phi) is 5.58. The van der Waals surface area contributed by atoms with Crippen LogP contribution in [0.1, 0.15) is 0 Å². The van der Waals surface area contributed by atoms with Crippen molar-refractivity contribution in [3.8, 4) is 11.1 Å². The number of rotatable bonds is 1. The van der Waals surface area contributed by atoms with E-state index in [9.17, 15) is 0 Å². The largest absolute Gasteiger partial charge is 1.00 e. The molecule has 0 bridgehead atoms. The van der Waals surface area contributed by atoms with Crippen LogP contribution < -0.4 is 37.7 Å². The summed E-state index contributed by atoms with van der Waals surface area (Å²) in [5.41, 5.74) is 2.18. The fourth-order valence-electron chi connectivity index (χ4n) is 2.56. The minimum Gasteiger partial charge on any atom is -0.226 e. The molecular formula is C20H12Li2. The first-order chi connectivity index (χ1) is 9.90. The predicted octanol–water partition coefficient (Wildman–Crippen LogP) is -0.732. The van der Waals surface area contributed by atoms with Crippen molar-refractivity contribution in [3.05, 3.63) is 84.9 Å². The van der Waals surface area contributed by atoms with E-state index in [1.54, 1.807) is 0 Å². The predicted molar refractivity (Wildman–Crippen MR) is 84.6 cm³/mol. The second kappa shape index (κ2) is 7.24. The Hall–Kier alpha value is -1.41. The van der Waals surface area contributed by atoms with E-state index in [0.29, 0.717) is 0 Å². The van der Waals surface area contributed by atoms with Crippen molar-refractivity contribution in [1.29, 1.82) is 0 Å². The topological polar surface area (TPSA) is 0 Å². The van der Waals surface area contributed by atoms with E-state index in [4.69, 9.17) is 0 Å². The van der Waals surface area contributed by atoms with Gasteiger partial charge in [0.2, 0.25) is 0 Å². The minimum absolute atomic E-state index is 0. The Labute approximate surface area is 154 Å². The van der Waals surface area contributed by atoms with Crippen molar-refractivity contribution in [2.75, 3.05) is 0 Å². The maximum Gasteiger partial charge on any atom is 1.00 e. The molecule has 0 aliphatic rings. The summed E-state index contributed by atoms with van der Waals surface area (Å²) in [6, 6.07) is 31.9. The molecule has 0 atom stereocenters. The molecule has 0 N–H and O–H groups in total. The number of hydrogen-bond donors (Lipinski definition) is 0. The summed E-state index contributed by atoms with van der Waals surface area (Å²) in [4.78, 5) is 0.